The Morgan fingerprint density at radius 2 is 1.58 bits per heavy atom. The van der Waals surface area contributed by atoms with Gasteiger partial charge in [0.15, 0.2) is 0 Å². The topological polar surface area (TPSA) is 52.9 Å². The van der Waals surface area contributed by atoms with Gasteiger partial charge >= 0.3 is 0 Å². The number of hydrogen-bond acceptors (Lipinski definition) is 2. The number of nitrogens with one attached hydrogen (secondary N) is 1. The highest BCUT2D eigenvalue weighted by Crippen LogP contribution is 2.21. The van der Waals surface area contributed by atoms with Crippen molar-refractivity contribution >= 4 is 11.6 Å². The van der Waals surface area contributed by atoms with Crippen LogP contribution >= 0.6 is 0 Å². The quantitative estimate of drug-likeness (QED) is 0.847. The van der Waals surface area contributed by atoms with Crippen LogP contribution in [0.2, 0.25) is 0 Å². The van der Waals surface area contributed by atoms with Crippen molar-refractivity contribution in [3.8, 4) is 17.2 Å². The summed E-state index contributed by atoms with van der Waals surface area (Å²) in [6.45, 7) is 3.40. The molecule has 0 bridgehead atoms. The van der Waals surface area contributed by atoms with Crippen LogP contribution in [0.4, 0.5) is 5.69 Å². The van der Waals surface area contributed by atoms with E-state index < -0.39 is 0 Å². The highest BCUT2D eigenvalue weighted by atomic mass is 16.1. The standard InChI is InChI=1S/C16H12N2O/c1-2-16(19)18-15-9-7-14(8-10-15)13-5-3-12(11-17)4-6-13/h2-10H,1H2,(H,18,19). The molecule has 0 unspecified atom stereocenters. The largest absolute Gasteiger partial charge is 0.323 e. The third-order valence-corrected chi connectivity index (χ3v) is 2.69. The number of nitrogens with zero attached hydrogens (tertiary/aromatic N) is 1. The molecule has 2 aromatic rings. The van der Waals surface area contributed by atoms with Gasteiger partial charge in [0.05, 0.1) is 11.6 Å². The van der Waals surface area contributed by atoms with Gasteiger partial charge in [0.2, 0.25) is 5.91 Å². The van der Waals surface area contributed by atoms with E-state index in [1.165, 1.54) is 6.08 Å². The minimum absolute atomic E-state index is 0.230. The Labute approximate surface area is 111 Å². The minimum atomic E-state index is -0.230. The lowest BCUT2D eigenvalue weighted by atomic mass is 10.0. The van der Waals surface area contributed by atoms with E-state index in [9.17, 15) is 4.79 Å². The van der Waals surface area contributed by atoms with Crippen molar-refractivity contribution in [1.82, 2.24) is 0 Å². The smallest absolute Gasteiger partial charge is 0.247 e. The molecule has 0 aliphatic rings. The average molecular weight is 248 g/mol. The summed E-state index contributed by atoms with van der Waals surface area (Å²) in [5.74, 6) is -0.230. The molecule has 2 aromatic carbocycles. The van der Waals surface area contributed by atoms with Crippen molar-refractivity contribution in [2.45, 2.75) is 0 Å². The normalized spacial score (nSPS) is 9.42. The fourth-order valence-electron chi connectivity index (χ4n) is 1.68. The van der Waals surface area contributed by atoms with Gasteiger partial charge < -0.3 is 5.32 Å². The molecule has 0 saturated heterocycles. The molecular weight excluding hydrogens is 236 g/mol. The Morgan fingerprint density at radius 1 is 1.05 bits per heavy atom. The molecule has 0 aromatic heterocycles. The van der Waals surface area contributed by atoms with Gasteiger partial charge in [-0.05, 0) is 41.5 Å². The van der Waals surface area contributed by atoms with Crippen molar-refractivity contribution < 1.29 is 4.79 Å². The van der Waals surface area contributed by atoms with E-state index >= 15 is 0 Å². The summed E-state index contributed by atoms with van der Waals surface area (Å²) in [7, 11) is 0. The molecule has 0 aliphatic heterocycles. The van der Waals surface area contributed by atoms with Crippen molar-refractivity contribution in [2.24, 2.45) is 0 Å². The zero-order valence-electron chi connectivity index (χ0n) is 10.3. The summed E-state index contributed by atoms with van der Waals surface area (Å²) in [6, 6.07) is 16.9. The van der Waals surface area contributed by atoms with E-state index in [1.807, 2.05) is 36.4 Å². The van der Waals surface area contributed by atoms with Gasteiger partial charge in [0.25, 0.3) is 0 Å². The second-order valence-electron chi connectivity index (χ2n) is 3.96. The number of hydrogen-bond donors (Lipinski definition) is 1. The lowest BCUT2D eigenvalue weighted by Crippen LogP contribution is -2.06. The number of benzene rings is 2. The number of amides is 1. The zero-order chi connectivity index (χ0) is 13.7. The van der Waals surface area contributed by atoms with Crippen LogP contribution in [0, 0.1) is 11.3 Å². The molecule has 1 N–H and O–H groups in total. The SMILES string of the molecule is C=CC(=O)Nc1ccc(-c2ccc(C#N)cc2)cc1. The van der Waals surface area contributed by atoms with E-state index in [0.29, 0.717) is 5.56 Å². The van der Waals surface area contributed by atoms with Crippen molar-refractivity contribution in [3.05, 3.63) is 66.7 Å². The van der Waals surface area contributed by atoms with Crippen LogP contribution in [-0.4, -0.2) is 5.91 Å². The Morgan fingerprint density at radius 3 is 2.05 bits per heavy atom. The van der Waals surface area contributed by atoms with Gasteiger partial charge in [0, 0.05) is 5.69 Å². The Hall–Kier alpha value is -2.86. The Kier molecular flexibility index (Phi) is 3.75. The van der Waals surface area contributed by atoms with Gasteiger partial charge in [-0.3, -0.25) is 4.79 Å². The van der Waals surface area contributed by atoms with Crippen molar-refractivity contribution in [1.29, 1.82) is 5.26 Å². The summed E-state index contributed by atoms with van der Waals surface area (Å²) in [6.07, 6.45) is 1.23. The molecule has 0 saturated carbocycles. The van der Waals surface area contributed by atoms with E-state index in [0.717, 1.165) is 16.8 Å². The molecular formula is C16H12N2O. The van der Waals surface area contributed by atoms with E-state index in [4.69, 9.17) is 5.26 Å². The summed E-state index contributed by atoms with van der Waals surface area (Å²) < 4.78 is 0. The maximum absolute atomic E-state index is 11.1. The average Bonchev–Trinajstić information content (AvgIpc) is 2.48. The van der Waals surface area contributed by atoms with Crippen molar-refractivity contribution in [2.75, 3.05) is 5.32 Å². The summed E-state index contributed by atoms with van der Waals surface area (Å²) >= 11 is 0. The number of anilines is 1. The van der Waals surface area contributed by atoms with Gasteiger partial charge in [0.1, 0.15) is 0 Å². The van der Waals surface area contributed by atoms with E-state index in [2.05, 4.69) is 18.0 Å². The molecule has 0 spiro atoms. The third kappa shape index (κ3) is 3.08. The first-order valence-electron chi connectivity index (χ1n) is 5.77. The second-order valence-corrected chi connectivity index (χ2v) is 3.96. The molecule has 0 heterocycles. The van der Waals surface area contributed by atoms with Crippen LogP contribution in [0.15, 0.2) is 61.2 Å². The van der Waals surface area contributed by atoms with Gasteiger partial charge in [-0.25, -0.2) is 0 Å². The second kappa shape index (κ2) is 5.65. The van der Waals surface area contributed by atoms with Crippen LogP contribution in [-0.2, 0) is 4.79 Å². The lowest BCUT2D eigenvalue weighted by Gasteiger charge is -2.05. The van der Waals surface area contributed by atoms with Crippen molar-refractivity contribution in [3.63, 3.8) is 0 Å². The summed E-state index contributed by atoms with van der Waals surface area (Å²) in [4.78, 5) is 11.1. The van der Waals surface area contributed by atoms with E-state index in [-0.39, 0.29) is 5.91 Å². The number of nitriles is 1. The molecule has 92 valence electrons. The molecule has 1 amide bonds. The molecule has 2 rings (SSSR count). The molecule has 19 heavy (non-hydrogen) atoms. The molecule has 0 fully saturated rings. The van der Waals surface area contributed by atoms with Gasteiger partial charge in [-0.1, -0.05) is 30.8 Å². The first-order chi connectivity index (χ1) is 9.22. The molecule has 0 atom stereocenters. The number of carbonyl (C=O) groups excluding carboxylic acids is 1. The van der Waals surface area contributed by atoms with Crippen LogP contribution in [0.1, 0.15) is 5.56 Å². The fraction of sp³-hybridized carbons (Fsp3) is 0. The molecule has 0 radical (unpaired) electrons. The first kappa shape index (κ1) is 12.6. The predicted octanol–water partition coefficient (Wildman–Crippen LogP) is 3.35. The highest BCUT2D eigenvalue weighted by Gasteiger charge is 2.00. The Balaban J connectivity index is 2.19. The Bertz CT molecular complexity index is 634. The molecule has 3 nitrogen and oxygen atoms in total. The maximum Gasteiger partial charge on any atom is 0.247 e. The number of carbonyl (C=O) groups is 1. The van der Waals surface area contributed by atoms with Gasteiger partial charge in [-0.15, -0.1) is 0 Å². The van der Waals surface area contributed by atoms with Crippen LogP contribution < -0.4 is 5.32 Å². The lowest BCUT2D eigenvalue weighted by molar-refractivity contribution is -0.111. The van der Waals surface area contributed by atoms with Gasteiger partial charge in [-0.2, -0.15) is 5.26 Å². The summed E-state index contributed by atoms with van der Waals surface area (Å²) in [5, 5.41) is 11.4. The monoisotopic (exact) mass is 248 g/mol. The highest BCUT2D eigenvalue weighted by molar-refractivity contribution is 5.98. The first-order valence-corrected chi connectivity index (χ1v) is 5.77. The number of rotatable bonds is 3. The van der Waals surface area contributed by atoms with Crippen LogP contribution in [0.25, 0.3) is 11.1 Å². The van der Waals surface area contributed by atoms with E-state index in [1.54, 1.807) is 12.1 Å². The predicted molar refractivity (Wildman–Crippen MR) is 75.4 cm³/mol. The molecule has 3 heteroatoms. The summed E-state index contributed by atoms with van der Waals surface area (Å²) in [5.41, 5.74) is 3.42. The van der Waals surface area contributed by atoms with Crippen LogP contribution in [0.5, 0.6) is 0 Å². The zero-order valence-corrected chi connectivity index (χ0v) is 10.3. The van der Waals surface area contributed by atoms with Crippen LogP contribution in [0.3, 0.4) is 0 Å². The minimum Gasteiger partial charge on any atom is -0.323 e. The maximum atomic E-state index is 11.1. The fourth-order valence-corrected chi connectivity index (χ4v) is 1.68. The molecule has 0 aliphatic carbocycles. The third-order valence-electron chi connectivity index (χ3n) is 2.69.